The molecule has 2 fully saturated rings. The number of aliphatic carboxylic acids is 1. The number of ether oxygens (including phenoxy) is 1. The number of esters is 1. The van der Waals surface area contributed by atoms with Crippen molar-refractivity contribution in [3.63, 3.8) is 0 Å². The Bertz CT molecular complexity index is 273. The van der Waals surface area contributed by atoms with Gasteiger partial charge in [-0.05, 0) is 18.3 Å². The minimum absolute atomic E-state index is 0.0152. The van der Waals surface area contributed by atoms with Crippen molar-refractivity contribution in [3.05, 3.63) is 0 Å². The lowest BCUT2D eigenvalue weighted by Gasteiger charge is -1.98. The van der Waals surface area contributed by atoms with Gasteiger partial charge in [0.2, 0.25) is 0 Å². The van der Waals surface area contributed by atoms with Gasteiger partial charge in [-0.2, -0.15) is 0 Å². The molecule has 0 heterocycles. The average molecular weight is 184 g/mol. The fraction of sp³-hybridized carbons (Fsp3) is 0.778. The molecule has 0 bridgehead atoms. The maximum absolute atomic E-state index is 10.6. The summed E-state index contributed by atoms with van der Waals surface area (Å²) in [7, 11) is 0. The Kier molecular flexibility index (Phi) is 1.62. The van der Waals surface area contributed by atoms with Crippen LogP contribution in [0.2, 0.25) is 0 Å². The van der Waals surface area contributed by atoms with E-state index in [1.54, 1.807) is 0 Å². The molecule has 4 nitrogen and oxygen atoms in total. The van der Waals surface area contributed by atoms with Crippen LogP contribution >= 0.6 is 0 Å². The van der Waals surface area contributed by atoms with Crippen molar-refractivity contribution in [1.82, 2.24) is 0 Å². The van der Waals surface area contributed by atoms with Crippen molar-refractivity contribution >= 4 is 11.9 Å². The first-order chi connectivity index (χ1) is 6.06. The number of hydrogen-bond acceptors (Lipinski definition) is 3. The van der Waals surface area contributed by atoms with Crippen LogP contribution in [0.15, 0.2) is 0 Å². The standard InChI is InChI=1S/C9H12O4/c1-5(10)13-4-6-2-9(6)3-7(9)8(11)12/h6-7H,2-4H2,1H3,(H,11,12)/t6-,7-,9+/m1/s1. The highest BCUT2D eigenvalue weighted by Crippen LogP contribution is 2.74. The third kappa shape index (κ3) is 1.30. The maximum atomic E-state index is 10.6. The summed E-state index contributed by atoms with van der Waals surface area (Å²) in [5.41, 5.74) is 0.0152. The van der Waals surface area contributed by atoms with Crippen LogP contribution in [0, 0.1) is 17.3 Å². The number of rotatable bonds is 3. The van der Waals surface area contributed by atoms with Gasteiger partial charge in [-0.15, -0.1) is 0 Å². The smallest absolute Gasteiger partial charge is 0.307 e. The molecule has 72 valence electrons. The number of carbonyl (C=O) groups is 2. The van der Waals surface area contributed by atoms with Gasteiger partial charge in [0, 0.05) is 12.8 Å². The van der Waals surface area contributed by atoms with Crippen molar-refractivity contribution in [2.24, 2.45) is 17.3 Å². The number of carboxylic acid groups (broad SMARTS) is 1. The van der Waals surface area contributed by atoms with Crippen LogP contribution in [0.1, 0.15) is 19.8 Å². The summed E-state index contributed by atoms with van der Waals surface area (Å²) >= 11 is 0. The Morgan fingerprint density at radius 1 is 1.54 bits per heavy atom. The maximum Gasteiger partial charge on any atom is 0.307 e. The van der Waals surface area contributed by atoms with Crippen LogP contribution in [0.25, 0.3) is 0 Å². The van der Waals surface area contributed by atoms with E-state index in [0.29, 0.717) is 12.5 Å². The predicted octanol–water partition coefficient (Wildman–Crippen LogP) is 0.660. The fourth-order valence-electron chi connectivity index (χ4n) is 2.17. The third-order valence-electron chi connectivity index (χ3n) is 3.18. The number of carboxylic acids is 1. The summed E-state index contributed by atoms with van der Waals surface area (Å²) < 4.78 is 4.84. The van der Waals surface area contributed by atoms with E-state index in [4.69, 9.17) is 9.84 Å². The third-order valence-corrected chi connectivity index (χ3v) is 3.18. The summed E-state index contributed by atoms with van der Waals surface area (Å²) in [6.07, 6.45) is 1.69. The Labute approximate surface area is 75.9 Å². The Balaban J connectivity index is 1.78. The van der Waals surface area contributed by atoms with Crippen LogP contribution < -0.4 is 0 Å². The molecule has 2 saturated carbocycles. The van der Waals surface area contributed by atoms with Gasteiger partial charge in [0.15, 0.2) is 0 Å². The Morgan fingerprint density at radius 3 is 2.69 bits per heavy atom. The second-order valence-corrected chi connectivity index (χ2v) is 4.03. The lowest BCUT2D eigenvalue weighted by atomic mass is 10.2. The second-order valence-electron chi connectivity index (χ2n) is 4.03. The van der Waals surface area contributed by atoms with Crippen molar-refractivity contribution in [1.29, 1.82) is 0 Å². The van der Waals surface area contributed by atoms with Gasteiger partial charge in [-0.3, -0.25) is 9.59 Å². The summed E-state index contributed by atoms with van der Waals surface area (Å²) in [5, 5.41) is 8.72. The average Bonchev–Trinajstić information content (AvgIpc) is 2.88. The van der Waals surface area contributed by atoms with Crippen LogP contribution in [0.5, 0.6) is 0 Å². The molecule has 0 aromatic rings. The topological polar surface area (TPSA) is 63.6 Å². The molecular weight excluding hydrogens is 172 g/mol. The first-order valence-electron chi connectivity index (χ1n) is 4.42. The normalized spacial score (nSPS) is 40.1. The van der Waals surface area contributed by atoms with Gasteiger partial charge in [-0.1, -0.05) is 0 Å². The zero-order valence-corrected chi connectivity index (χ0v) is 7.45. The molecule has 0 aromatic heterocycles. The Morgan fingerprint density at radius 2 is 2.23 bits per heavy atom. The monoisotopic (exact) mass is 184 g/mol. The zero-order chi connectivity index (χ0) is 9.64. The summed E-state index contributed by atoms with van der Waals surface area (Å²) in [6.45, 7) is 1.77. The summed E-state index contributed by atoms with van der Waals surface area (Å²) in [6, 6.07) is 0. The minimum Gasteiger partial charge on any atom is -0.481 e. The van der Waals surface area contributed by atoms with Gasteiger partial charge < -0.3 is 9.84 Å². The van der Waals surface area contributed by atoms with Crippen LogP contribution in [-0.4, -0.2) is 23.7 Å². The molecule has 0 aromatic carbocycles. The summed E-state index contributed by atoms with van der Waals surface area (Å²) in [4.78, 5) is 21.1. The quantitative estimate of drug-likeness (QED) is 0.654. The highest BCUT2D eigenvalue weighted by atomic mass is 16.5. The SMILES string of the molecule is CC(=O)OC[C@H]1C[C@]12C[C@@H]2C(=O)O. The van der Waals surface area contributed by atoms with Crippen molar-refractivity contribution in [2.45, 2.75) is 19.8 Å². The first-order valence-corrected chi connectivity index (χ1v) is 4.42. The van der Waals surface area contributed by atoms with Crippen molar-refractivity contribution in [2.75, 3.05) is 6.61 Å². The first kappa shape index (κ1) is 8.53. The van der Waals surface area contributed by atoms with E-state index < -0.39 is 5.97 Å². The number of carbonyl (C=O) groups excluding carboxylic acids is 1. The molecular formula is C9H12O4. The molecule has 13 heavy (non-hydrogen) atoms. The van der Waals surface area contributed by atoms with E-state index in [-0.39, 0.29) is 17.3 Å². The van der Waals surface area contributed by atoms with Gasteiger partial charge in [0.1, 0.15) is 0 Å². The molecule has 0 unspecified atom stereocenters. The lowest BCUT2D eigenvalue weighted by molar-refractivity contribution is -0.141. The molecule has 0 radical (unpaired) electrons. The van der Waals surface area contributed by atoms with Gasteiger partial charge >= 0.3 is 11.9 Å². The lowest BCUT2D eigenvalue weighted by Crippen LogP contribution is -2.06. The fourth-order valence-corrected chi connectivity index (χ4v) is 2.17. The van der Waals surface area contributed by atoms with Crippen LogP contribution in [0.3, 0.4) is 0 Å². The molecule has 1 N–H and O–H groups in total. The molecule has 3 atom stereocenters. The van der Waals surface area contributed by atoms with E-state index in [9.17, 15) is 9.59 Å². The van der Waals surface area contributed by atoms with Gasteiger partial charge in [0.25, 0.3) is 0 Å². The van der Waals surface area contributed by atoms with Crippen LogP contribution in [-0.2, 0) is 14.3 Å². The molecule has 0 saturated heterocycles. The molecule has 0 aliphatic heterocycles. The highest BCUT2D eigenvalue weighted by molar-refractivity contribution is 5.76. The second kappa shape index (κ2) is 2.47. The Hall–Kier alpha value is -1.06. The molecule has 2 aliphatic carbocycles. The summed E-state index contributed by atoms with van der Waals surface area (Å²) in [5.74, 6) is -0.856. The predicted molar refractivity (Wildman–Crippen MR) is 42.9 cm³/mol. The van der Waals surface area contributed by atoms with Crippen LogP contribution in [0.4, 0.5) is 0 Å². The van der Waals surface area contributed by atoms with Gasteiger partial charge in [0.05, 0.1) is 12.5 Å². The largest absolute Gasteiger partial charge is 0.481 e. The molecule has 0 amide bonds. The number of hydrogen-bond donors (Lipinski definition) is 1. The van der Waals surface area contributed by atoms with E-state index >= 15 is 0 Å². The zero-order valence-electron chi connectivity index (χ0n) is 7.45. The van der Waals surface area contributed by atoms with E-state index in [2.05, 4.69) is 0 Å². The van der Waals surface area contributed by atoms with Crippen molar-refractivity contribution in [3.8, 4) is 0 Å². The molecule has 2 aliphatic rings. The van der Waals surface area contributed by atoms with E-state index in [0.717, 1.165) is 12.8 Å². The highest BCUT2D eigenvalue weighted by Gasteiger charge is 2.73. The van der Waals surface area contributed by atoms with Crippen molar-refractivity contribution < 1.29 is 19.4 Å². The minimum atomic E-state index is -0.703. The molecule has 1 spiro atoms. The molecule has 2 rings (SSSR count). The van der Waals surface area contributed by atoms with E-state index in [1.807, 2.05) is 0 Å². The van der Waals surface area contributed by atoms with E-state index in [1.165, 1.54) is 6.92 Å². The molecule has 4 heteroatoms. The van der Waals surface area contributed by atoms with Gasteiger partial charge in [-0.25, -0.2) is 0 Å².